The topological polar surface area (TPSA) is 110 Å². The highest BCUT2D eigenvalue weighted by Gasteiger charge is 2.29. The second-order valence-corrected chi connectivity index (χ2v) is 4.59. The number of nitrogens with zero attached hydrogens (tertiary/aromatic N) is 4. The second-order valence-electron chi connectivity index (χ2n) is 4.59. The van der Waals surface area contributed by atoms with Crippen molar-refractivity contribution in [2.24, 2.45) is 0 Å². The summed E-state index contributed by atoms with van der Waals surface area (Å²) in [6.07, 6.45) is 6.52. The summed E-state index contributed by atoms with van der Waals surface area (Å²) in [5.74, 6) is 1.81. The van der Waals surface area contributed by atoms with Crippen LogP contribution in [-0.4, -0.2) is 34.1 Å². The van der Waals surface area contributed by atoms with Crippen LogP contribution in [0.3, 0.4) is 0 Å². The normalized spacial score (nSPS) is 9.76. The Morgan fingerprint density at radius 3 is 2.88 bits per heavy atom. The van der Waals surface area contributed by atoms with Crippen molar-refractivity contribution in [1.29, 1.82) is 0 Å². The Kier molecular flexibility index (Phi) is 5.84. The summed E-state index contributed by atoms with van der Waals surface area (Å²) in [5, 5.41) is 14.3. The van der Waals surface area contributed by atoms with Crippen molar-refractivity contribution < 1.29 is 14.6 Å². The van der Waals surface area contributed by atoms with Crippen molar-refractivity contribution in [3.05, 3.63) is 52.2 Å². The minimum Gasteiger partial charge on any atom is -0.462 e. The van der Waals surface area contributed by atoms with Gasteiger partial charge in [0.25, 0.3) is 5.95 Å². The van der Waals surface area contributed by atoms with Crippen molar-refractivity contribution >= 4 is 23.4 Å². The van der Waals surface area contributed by atoms with Gasteiger partial charge in [0.1, 0.15) is 11.5 Å². The Bertz CT molecular complexity index is 818. The number of hydrogen-bond acceptors (Lipinski definition) is 7. The SMILES string of the molecule is C#CCNc1ccnc(N(c2ccccc2C(=O)OCC)[N+](=O)[O-])n1. The molecule has 0 amide bonds. The van der Waals surface area contributed by atoms with E-state index in [2.05, 4.69) is 21.2 Å². The molecule has 1 aromatic carbocycles. The lowest BCUT2D eigenvalue weighted by Crippen LogP contribution is -2.28. The fourth-order valence-corrected chi connectivity index (χ4v) is 2.00. The van der Waals surface area contributed by atoms with Crippen molar-refractivity contribution in [2.45, 2.75) is 6.92 Å². The van der Waals surface area contributed by atoms with Gasteiger partial charge in [-0.3, -0.25) is 0 Å². The third-order valence-electron chi connectivity index (χ3n) is 2.99. The maximum absolute atomic E-state index is 12.1. The van der Waals surface area contributed by atoms with Crippen LogP contribution in [0.4, 0.5) is 17.5 Å². The van der Waals surface area contributed by atoms with Crippen LogP contribution < -0.4 is 10.3 Å². The van der Waals surface area contributed by atoms with E-state index in [4.69, 9.17) is 11.2 Å². The van der Waals surface area contributed by atoms with Gasteiger partial charge >= 0.3 is 5.97 Å². The number of rotatable bonds is 7. The largest absolute Gasteiger partial charge is 0.462 e. The summed E-state index contributed by atoms with van der Waals surface area (Å²) < 4.78 is 4.95. The van der Waals surface area contributed by atoms with Crippen molar-refractivity contribution in [1.82, 2.24) is 9.97 Å². The maximum atomic E-state index is 12.1. The molecule has 0 saturated heterocycles. The minimum atomic E-state index is -0.710. The molecule has 0 radical (unpaired) electrons. The van der Waals surface area contributed by atoms with Crippen LogP contribution >= 0.6 is 0 Å². The van der Waals surface area contributed by atoms with Crippen molar-refractivity contribution in [3.8, 4) is 12.3 Å². The van der Waals surface area contributed by atoms with Crippen LogP contribution in [0.1, 0.15) is 17.3 Å². The highest BCUT2D eigenvalue weighted by Crippen LogP contribution is 2.27. The fourth-order valence-electron chi connectivity index (χ4n) is 2.00. The van der Waals surface area contributed by atoms with Crippen LogP contribution in [0.5, 0.6) is 0 Å². The number of hydrazine groups is 1. The monoisotopic (exact) mass is 341 g/mol. The van der Waals surface area contributed by atoms with E-state index in [-0.39, 0.29) is 30.4 Å². The maximum Gasteiger partial charge on any atom is 0.340 e. The van der Waals surface area contributed by atoms with E-state index in [0.29, 0.717) is 10.8 Å². The predicted molar refractivity (Wildman–Crippen MR) is 90.9 cm³/mol. The van der Waals surface area contributed by atoms with Gasteiger partial charge in [0.05, 0.1) is 18.7 Å². The summed E-state index contributed by atoms with van der Waals surface area (Å²) in [6, 6.07) is 7.52. The number of carbonyl (C=O) groups is 1. The van der Waals surface area contributed by atoms with Crippen LogP contribution in [0, 0.1) is 22.5 Å². The third-order valence-corrected chi connectivity index (χ3v) is 2.99. The van der Waals surface area contributed by atoms with Gasteiger partial charge in [-0.05, 0) is 30.1 Å². The molecule has 0 saturated carbocycles. The van der Waals surface area contributed by atoms with Crippen LogP contribution in [0.2, 0.25) is 0 Å². The Morgan fingerprint density at radius 2 is 2.20 bits per heavy atom. The number of benzene rings is 1. The van der Waals surface area contributed by atoms with Crippen molar-refractivity contribution in [3.63, 3.8) is 0 Å². The summed E-state index contributed by atoms with van der Waals surface area (Å²) in [5.41, 5.74) is 0.0340. The number of nitrogens with one attached hydrogen (secondary N) is 1. The molecule has 25 heavy (non-hydrogen) atoms. The standard InChI is InChI=1S/C16H15N5O4/c1-3-10-17-14-9-11-18-16(19-14)20(21(23)24)13-8-6-5-7-12(13)15(22)25-4-2/h1,5-9,11H,4,10H2,2H3,(H,17,18,19). The molecule has 0 fully saturated rings. The number of esters is 1. The summed E-state index contributed by atoms with van der Waals surface area (Å²) in [7, 11) is 0. The quantitative estimate of drug-likeness (QED) is 0.352. The van der Waals surface area contributed by atoms with Gasteiger partial charge in [0.15, 0.2) is 5.03 Å². The summed E-state index contributed by atoms with van der Waals surface area (Å²) in [4.78, 5) is 31.7. The van der Waals surface area contributed by atoms with Crippen LogP contribution in [-0.2, 0) is 4.74 Å². The minimum absolute atomic E-state index is 0.0000462. The second kappa shape index (κ2) is 8.26. The van der Waals surface area contributed by atoms with E-state index in [1.807, 2.05) is 0 Å². The predicted octanol–water partition coefficient (Wildman–Crippen LogP) is 2.03. The Balaban J connectivity index is 2.48. The molecule has 0 aliphatic rings. The molecular formula is C16H15N5O4. The number of hydrogen-bond donors (Lipinski definition) is 1. The highest BCUT2D eigenvalue weighted by atomic mass is 16.7. The smallest absolute Gasteiger partial charge is 0.340 e. The van der Waals surface area contributed by atoms with E-state index in [0.717, 1.165) is 0 Å². The van der Waals surface area contributed by atoms with E-state index in [1.165, 1.54) is 24.4 Å². The number of carbonyl (C=O) groups excluding carboxylic acids is 1. The fraction of sp³-hybridized carbons (Fsp3) is 0.188. The molecule has 1 aromatic heterocycles. The Labute approximate surface area is 143 Å². The lowest BCUT2D eigenvalue weighted by atomic mass is 10.2. The average Bonchev–Trinajstić information content (AvgIpc) is 2.61. The highest BCUT2D eigenvalue weighted by molar-refractivity contribution is 5.96. The van der Waals surface area contributed by atoms with Gasteiger partial charge in [0.2, 0.25) is 0 Å². The number of para-hydroxylation sites is 1. The average molecular weight is 341 g/mol. The van der Waals surface area contributed by atoms with Crippen LogP contribution in [0.25, 0.3) is 0 Å². The molecule has 2 rings (SSSR count). The molecule has 9 heteroatoms. The van der Waals surface area contributed by atoms with Gasteiger partial charge < -0.3 is 10.1 Å². The Hall–Kier alpha value is -3.67. The van der Waals surface area contributed by atoms with Crippen molar-refractivity contribution in [2.75, 3.05) is 23.5 Å². The lowest BCUT2D eigenvalue weighted by Gasteiger charge is -2.15. The van der Waals surface area contributed by atoms with E-state index < -0.39 is 11.0 Å². The first-order valence-electron chi connectivity index (χ1n) is 7.29. The van der Waals surface area contributed by atoms with Gasteiger partial charge in [-0.1, -0.05) is 18.1 Å². The number of anilines is 3. The van der Waals surface area contributed by atoms with Gasteiger partial charge in [-0.25, -0.2) is 19.9 Å². The van der Waals surface area contributed by atoms with Gasteiger partial charge in [-0.2, -0.15) is 4.98 Å². The molecule has 0 aliphatic heterocycles. The lowest BCUT2D eigenvalue weighted by molar-refractivity contribution is -0.484. The Morgan fingerprint density at radius 1 is 1.44 bits per heavy atom. The number of terminal acetylenes is 1. The van der Waals surface area contributed by atoms with E-state index in [9.17, 15) is 14.9 Å². The number of ether oxygens (including phenoxy) is 1. The molecule has 0 bridgehead atoms. The molecule has 0 spiro atoms. The third kappa shape index (κ3) is 4.20. The van der Waals surface area contributed by atoms with E-state index in [1.54, 1.807) is 19.1 Å². The first-order chi connectivity index (χ1) is 12.1. The van der Waals surface area contributed by atoms with Crippen LogP contribution in [0.15, 0.2) is 36.5 Å². The zero-order valence-corrected chi connectivity index (χ0v) is 13.4. The summed E-state index contributed by atoms with van der Waals surface area (Å²) in [6.45, 7) is 2.00. The molecule has 0 atom stereocenters. The number of nitro groups is 1. The van der Waals surface area contributed by atoms with Gasteiger partial charge in [0, 0.05) is 6.20 Å². The van der Waals surface area contributed by atoms with Gasteiger partial charge in [-0.15, -0.1) is 6.42 Å². The first-order valence-corrected chi connectivity index (χ1v) is 7.29. The molecule has 9 nitrogen and oxygen atoms in total. The first kappa shape index (κ1) is 17.7. The molecule has 1 N–H and O–H groups in total. The molecule has 2 aromatic rings. The summed E-state index contributed by atoms with van der Waals surface area (Å²) >= 11 is 0. The zero-order valence-electron chi connectivity index (χ0n) is 13.4. The molecule has 0 unspecified atom stereocenters. The van der Waals surface area contributed by atoms with E-state index >= 15 is 0 Å². The molecule has 128 valence electrons. The zero-order chi connectivity index (χ0) is 18.2. The molecule has 1 heterocycles. The molecular weight excluding hydrogens is 326 g/mol. The molecule has 0 aliphatic carbocycles. The number of aromatic nitrogens is 2.